The predicted octanol–water partition coefficient (Wildman–Crippen LogP) is 3.11. The van der Waals surface area contributed by atoms with Gasteiger partial charge in [0, 0.05) is 23.3 Å². The highest BCUT2D eigenvalue weighted by molar-refractivity contribution is 9.11. The van der Waals surface area contributed by atoms with Crippen LogP contribution < -0.4 is 5.32 Å². The molecule has 1 fully saturated rings. The van der Waals surface area contributed by atoms with Gasteiger partial charge in [-0.15, -0.1) is 11.3 Å². The number of carbonyl (C=O) groups excluding carboxylic acids is 1. The third-order valence-electron chi connectivity index (χ3n) is 3.05. The molecule has 15 heavy (non-hydrogen) atoms. The fourth-order valence-electron chi connectivity index (χ4n) is 2.08. The van der Waals surface area contributed by atoms with Gasteiger partial charge in [0.2, 0.25) is 5.91 Å². The van der Waals surface area contributed by atoms with Crippen LogP contribution in [0.1, 0.15) is 31.1 Å². The monoisotopic (exact) mass is 287 g/mol. The van der Waals surface area contributed by atoms with Gasteiger partial charge in [-0.2, -0.15) is 0 Å². The summed E-state index contributed by atoms with van der Waals surface area (Å²) in [5.41, 5.74) is 0.0153. The van der Waals surface area contributed by atoms with Crippen LogP contribution in [-0.2, 0) is 11.2 Å². The highest BCUT2D eigenvalue weighted by Crippen LogP contribution is 2.31. The number of hydrogen-bond donors (Lipinski definition) is 1. The number of thiophene rings is 1. The van der Waals surface area contributed by atoms with Crippen LogP contribution in [0.2, 0.25) is 0 Å². The summed E-state index contributed by atoms with van der Waals surface area (Å²) in [6, 6.07) is 4.21. The molecule has 2 rings (SSSR count). The van der Waals surface area contributed by atoms with E-state index in [1.54, 1.807) is 11.3 Å². The molecule has 1 aromatic heterocycles. The van der Waals surface area contributed by atoms with Crippen molar-refractivity contribution in [1.29, 1.82) is 0 Å². The van der Waals surface area contributed by atoms with Gasteiger partial charge in [-0.1, -0.05) is 6.92 Å². The van der Waals surface area contributed by atoms with Crippen molar-refractivity contribution in [2.45, 2.75) is 38.1 Å². The molecular weight excluding hydrogens is 274 g/mol. The minimum absolute atomic E-state index is 0.0153. The number of hydrogen-bond acceptors (Lipinski definition) is 2. The largest absolute Gasteiger partial charge is 0.350 e. The Hall–Kier alpha value is -0.350. The zero-order valence-corrected chi connectivity index (χ0v) is 11.1. The molecule has 4 heteroatoms. The third kappa shape index (κ3) is 2.42. The van der Waals surface area contributed by atoms with E-state index in [9.17, 15) is 4.79 Å². The molecule has 1 atom stereocenters. The molecule has 1 N–H and O–H groups in total. The first kappa shape index (κ1) is 11.1. The van der Waals surface area contributed by atoms with E-state index >= 15 is 0 Å². The van der Waals surface area contributed by atoms with Crippen LogP contribution in [0.3, 0.4) is 0 Å². The zero-order chi connectivity index (χ0) is 10.9. The molecule has 0 aromatic carbocycles. The topological polar surface area (TPSA) is 29.1 Å². The quantitative estimate of drug-likeness (QED) is 0.909. The maximum atomic E-state index is 11.3. The van der Waals surface area contributed by atoms with Gasteiger partial charge in [0.1, 0.15) is 0 Å². The summed E-state index contributed by atoms with van der Waals surface area (Å²) in [7, 11) is 0. The van der Waals surface area contributed by atoms with Crippen LogP contribution in [0.4, 0.5) is 0 Å². The molecule has 0 radical (unpaired) electrons. The minimum Gasteiger partial charge on any atom is -0.350 e. The smallest absolute Gasteiger partial charge is 0.220 e. The van der Waals surface area contributed by atoms with Crippen molar-refractivity contribution in [2.75, 3.05) is 0 Å². The summed E-state index contributed by atoms with van der Waals surface area (Å²) in [4.78, 5) is 12.6. The molecule has 0 spiro atoms. The van der Waals surface area contributed by atoms with Crippen LogP contribution >= 0.6 is 27.3 Å². The number of amides is 1. The molecular formula is C11H14BrNOS. The van der Waals surface area contributed by atoms with Crippen LogP contribution in [0.25, 0.3) is 0 Å². The summed E-state index contributed by atoms with van der Waals surface area (Å²) < 4.78 is 1.16. The van der Waals surface area contributed by atoms with E-state index in [1.165, 1.54) is 4.88 Å². The molecule has 0 saturated carbocycles. The standard InChI is InChI=1S/C11H14BrNOS/c1-2-11(6-5-10(14)13-11)7-8-3-4-9(12)15-8/h3-4H,2,5-7H2,1H3,(H,13,14). The Balaban J connectivity index is 2.11. The molecule has 1 amide bonds. The molecule has 1 unspecified atom stereocenters. The van der Waals surface area contributed by atoms with E-state index in [2.05, 4.69) is 40.3 Å². The van der Waals surface area contributed by atoms with Crippen molar-refractivity contribution in [3.8, 4) is 0 Å². The van der Waals surface area contributed by atoms with Gasteiger partial charge in [0.15, 0.2) is 0 Å². The average Bonchev–Trinajstić information content (AvgIpc) is 2.75. The van der Waals surface area contributed by atoms with Gasteiger partial charge in [0.25, 0.3) is 0 Å². The van der Waals surface area contributed by atoms with E-state index in [0.29, 0.717) is 6.42 Å². The van der Waals surface area contributed by atoms with E-state index < -0.39 is 0 Å². The van der Waals surface area contributed by atoms with Crippen molar-refractivity contribution in [3.63, 3.8) is 0 Å². The lowest BCUT2D eigenvalue weighted by atomic mass is 9.90. The molecule has 1 saturated heterocycles. The highest BCUT2D eigenvalue weighted by Gasteiger charge is 2.36. The minimum atomic E-state index is 0.0153. The van der Waals surface area contributed by atoms with Crippen LogP contribution in [0.5, 0.6) is 0 Å². The van der Waals surface area contributed by atoms with E-state index in [-0.39, 0.29) is 11.4 Å². The Morgan fingerprint density at radius 2 is 2.40 bits per heavy atom. The van der Waals surface area contributed by atoms with E-state index in [1.807, 2.05) is 0 Å². The average molecular weight is 288 g/mol. The first-order chi connectivity index (χ1) is 7.13. The second-order valence-electron chi connectivity index (χ2n) is 4.06. The van der Waals surface area contributed by atoms with Crippen molar-refractivity contribution >= 4 is 33.2 Å². The van der Waals surface area contributed by atoms with Gasteiger partial charge in [-0.25, -0.2) is 0 Å². The molecule has 82 valence electrons. The molecule has 1 aromatic rings. The Morgan fingerprint density at radius 3 is 2.87 bits per heavy atom. The number of halogens is 1. The summed E-state index contributed by atoms with van der Waals surface area (Å²) in [5, 5.41) is 3.13. The highest BCUT2D eigenvalue weighted by atomic mass is 79.9. The Morgan fingerprint density at radius 1 is 1.60 bits per heavy atom. The van der Waals surface area contributed by atoms with Crippen molar-refractivity contribution in [3.05, 3.63) is 20.8 Å². The number of rotatable bonds is 3. The summed E-state index contributed by atoms with van der Waals surface area (Å²) in [6.45, 7) is 2.15. The van der Waals surface area contributed by atoms with Crippen molar-refractivity contribution in [1.82, 2.24) is 5.32 Å². The van der Waals surface area contributed by atoms with Gasteiger partial charge >= 0.3 is 0 Å². The molecule has 1 aliphatic rings. The first-order valence-electron chi connectivity index (χ1n) is 5.19. The third-order valence-corrected chi connectivity index (χ3v) is 4.68. The molecule has 0 bridgehead atoms. The van der Waals surface area contributed by atoms with Crippen LogP contribution in [0, 0.1) is 0 Å². The zero-order valence-electron chi connectivity index (χ0n) is 8.68. The number of carbonyl (C=O) groups is 1. The Kier molecular flexibility index (Phi) is 3.16. The van der Waals surface area contributed by atoms with E-state index in [0.717, 1.165) is 23.0 Å². The maximum absolute atomic E-state index is 11.3. The fourth-order valence-corrected chi connectivity index (χ4v) is 3.70. The number of nitrogens with one attached hydrogen (secondary N) is 1. The molecule has 2 nitrogen and oxygen atoms in total. The fraction of sp³-hybridized carbons (Fsp3) is 0.545. The summed E-state index contributed by atoms with van der Waals surface area (Å²) >= 11 is 5.22. The van der Waals surface area contributed by atoms with Gasteiger partial charge < -0.3 is 5.32 Å². The second kappa shape index (κ2) is 4.26. The lowest BCUT2D eigenvalue weighted by Gasteiger charge is -2.27. The SMILES string of the molecule is CCC1(Cc2ccc(Br)s2)CCC(=O)N1. The van der Waals surface area contributed by atoms with Crippen LogP contribution in [-0.4, -0.2) is 11.4 Å². The van der Waals surface area contributed by atoms with E-state index in [4.69, 9.17) is 0 Å². The van der Waals surface area contributed by atoms with Gasteiger partial charge in [-0.3, -0.25) is 4.79 Å². The van der Waals surface area contributed by atoms with Gasteiger partial charge in [0.05, 0.1) is 3.79 Å². The molecule has 0 aliphatic carbocycles. The second-order valence-corrected chi connectivity index (χ2v) is 6.61. The van der Waals surface area contributed by atoms with Crippen molar-refractivity contribution in [2.24, 2.45) is 0 Å². The Bertz CT molecular complexity index is 376. The summed E-state index contributed by atoms with van der Waals surface area (Å²) in [6.07, 6.45) is 3.62. The maximum Gasteiger partial charge on any atom is 0.220 e. The van der Waals surface area contributed by atoms with Crippen molar-refractivity contribution < 1.29 is 4.79 Å². The lowest BCUT2D eigenvalue weighted by Crippen LogP contribution is -2.42. The first-order valence-corrected chi connectivity index (χ1v) is 6.80. The summed E-state index contributed by atoms with van der Waals surface area (Å²) in [5.74, 6) is 0.201. The Labute approximate surface area is 102 Å². The lowest BCUT2D eigenvalue weighted by molar-refractivity contribution is -0.119. The predicted molar refractivity (Wildman–Crippen MR) is 66.1 cm³/mol. The molecule has 2 heterocycles. The van der Waals surface area contributed by atoms with Crippen LogP contribution in [0.15, 0.2) is 15.9 Å². The molecule has 1 aliphatic heterocycles. The van der Waals surface area contributed by atoms with Gasteiger partial charge in [-0.05, 0) is 40.9 Å². The normalized spacial score (nSPS) is 25.6.